The number of fused-ring (bicyclic) bond motifs is 1. The Kier molecular flexibility index (Phi) is 4.38. The fourth-order valence-electron chi connectivity index (χ4n) is 2.89. The number of rotatable bonds is 3. The summed E-state index contributed by atoms with van der Waals surface area (Å²) < 4.78 is 11.3. The summed E-state index contributed by atoms with van der Waals surface area (Å²) >= 11 is 2.04. The highest BCUT2D eigenvalue weighted by atomic mass is 32.2. The van der Waals surface area contributed by atoms with Crippen LogP contribution in [0, 0.1) is 0 Å². The molecule has 1 aromatic carbocycles. The number of nitrogens with two attached hydrogens (primary N) is 1. The lowest BCUT2D eigenvalue weighted by molar-refractivity contribution is 0.169. The maximum atomic E-state index is 6.04. The van der Waals surface area contributed by atoms with Crippen molar-refractivity contribution in [3.8, 4) is 11.5 Å². The topological polar surface area (TPSA) is 47.7 Å². The van der Waals surface area contributed by atoms with Crippen LogP contribution in [-0.2, 0) is 0 Å². The number of benzene rings is 1. The predicted molar refractivity (Wildman–Crippen MR) is 82.7 cm³/mol. The van der Waals surface area contributed by atoms with Crippen LogP contribution in [0.4, 0.5) is 0 Å². The van der Waals surface area contributed by atoms with Gasteiger partial charge in [-0.3, -0.25) is 4.90 Å². The molecule has 0 aliphatic carbocycles. The molecule has 2 heterocycles. The van der Waals surface area contributed by atoms with Crippen LogP contribution in [0.3, 0.4) is 0 Å². The van der Waals surface area contributed by atoms with Gasteiger partial charge in [0, 0.05) is 36.7 Å². The monoisotopic (exact) mass is 294 g/mol. The summed E-state index contributed by atoms with van der Waals surface area (Å²) in [6.07, 6.45) is 0. The molecule has 4 nitrogen and oxygen atoms in total. The lowest BCUT2D eigenvalue weighted by Gasteiger charge is -2.37. The van der Waals surface area contributed by atoms with Gasteiger partial charge in [-0.1, -0.05) is 13.0 Å². The Hall–Kier alpha value is -0.910. The van der Waals surface area contributed by atoms with Crippen molar-refractivity contribution in [2.45, 2.75) is 18.2 Å². The Morgan fingerprint density at radius 1 is 1.35 bits per heavy atom. The van der Waals surface area contributed by atoms with Gasteiger partial charge in [-0.15, -0.1) is 0 Å². The summed E-state index contributed by atoms with van der Waals surface area (Å²) in [6, 6.07) is 6.50. The minimum atomic E-state index is 0.272. The first-order chi connectivity index (χ1) is 9.78. The van der Waals surface area contributed by atoms with Crippen molar-refractivity contribution < 1.29 is 9.47 Å². The first-order valence-corrected chi connectivity index (χ1v) is 8.28. The van der Waals surface area contributed by atoms with E-state index in [0.717, 1.165) is 24.6 Å². The van der Waals surface area contributed by atoms with Gasteiger partial charge < -0.3 is 15.2 Å². The van der Waals surface area contributed by atoms with Gasteiger partial charge in [0.25, 0.3) is 0 Å². The predicted octanol–water partition coefficient (Wildman–Crippen LogP) is 1.89. The molecule has 0 amide bonds. The molecule has 110 valence electrons. The first kappa shape index (κ1) is 14.0. The summed E-state index contributed by atoms with van der Waals surface area (Å²) in [4.78, 5) is 2.49. The van der Waals surface area contributed by atoms with Gasteiger partial charge in [0.1, 0.15) is 13.2 Å². The van der Waals surface area contributed by atoms with E-state index in [9.17, 15) is 0 Å². The van der Waals surface area contributed by atoms with E-state index in [0.29, 0.717) is 25.0 Å². The summed E-state index contributed by atoms with van der Waals surface area (Å²) in [7, 11) is 0. The molecule has 3 rings (SSSR count). The van der Waals surface area contributed by atoms with Gasteiger partial charge in [0.15, 0.2) is 11.5 Å². The van der Waals surface area contributed by atoms with E-state index in [4.69, 9.17) is 15.2 Å². The molecule has 0 spiro atoms. The van der Waals surface area contributed by atoms with Crippen LogP contribution < -0.4 is 15.2 Å². The summed E-state index contributed by atoms with van der Waals surface area (Å²) in [5.41, 5.74) is 7.27. The van der Waals surface area contributed by atoms with Crippen LogP contribution in [-0.4, -0.2) is 48.8 Å². The van der Waals surface area contributed by atoms with Crippen molar-refractivity contribution >= 4 is 11.8 Å². The zero-order chi connectivity index (χ0) is 13.9. The molecule has 2 aliphatic heterocycles. The van der Waals surface area contributed by atoms with E-state index in [1.807, 2.05) is 17.8 Å². The minimum Gasteiger partial charge on any atom is -0.486 e. The zero-order valence-corrected chi connectivity index (χ0v) is 12.7. The lowest BCUT2D eigenvalue weighted by Crippen LogP contribution is -2.42. The number of thioether (sulfide) groups is 1. The molecule has 2 aliphatic rings. The Balaban J connectivity index is 1.81. The normalized spacial score (nSPS) is 24.4. The molecule has 20 heavy (non-hydrogen) atoms. The minimum absolute atomic E-state index is 0.272. The van der Waals surface area contributed by atoms with E-state index in [1.54, 1.807) is 0 Å². The third kappa shape index (κ3) is 2.90. The van der Waals surface area contributed by atoms with Crippen molar-refractivity contribution in [3.05, 3.63) is 23.8 Å². The highest BCUT2D eigenvalue weighted by molar-refractivity contribution is 7.99. The Morgan fingerprint density at radius 2 is 2.15 bits per heavy atom. The molecule has 1 aromatic rings. The van der Waals surface area contributed by atoms with Crippen LogP contribution in [0.2, 0.25) is 0 Å². The quantitative estimate of drug-likeness (QED) is 0.922. The lowest BCUT2D eigenvalue weighted by atomic mass is 10.0. The Bertz CT molecular complexity index is 469. The third-order valence-electron chi connectivity index (χ3n) is 3.89. The first-order valence-electron chi connectivity index (χ1n) is 7.23. The summed E-state index contributed by atoms with van der Waals surface area (Å²) in [5, 5.41) is 0.676. The standard InChI is InChI=1S/C15H22N2O2S/c1-11-10-17(4-7-20-11)13(9-16)12-2-3-14-15(8-12)19-6-5-18-14/h2-3,8,11,13H,4-7,9-10,16H2,1H3. The van der Waals surface area contributed by atoms with Gasteiger partial charge >= 0.3 is 0 Å². The van der Waals surface area contributed by atoms with E-state index in [-0.39, 0.29) is 6.04 Å². The number of nitrogens with zero attached hydrogens (tertiary/aromatic N) is 1. The molecule has 0 saturated carbocycles. The van der Waals surface area contributed by atoms with Gasteiger partial charge in [0.05, 0.1) is 0 Å². The Labute approximate surface area is 124 Å². The maximum absolute atomic E-state index is 6.04. The molecular formula is C15H22N2O2S. The van der Waals surface area contributed by atoms with Crippen molar-refractivity contribution in [1.82, 2.24) is 4.90 Å². The Morgan fingerprint density at radius 3 is 2.90 bits per heavy atom. The zero-order valence-electron chi connectivity index (χ0n) is 11.9. The number of hydrogen-bond donors (Lipinski definition) is 1. The number of ether oxygens (including phenoxy) is 2. The molecule has 0 aromatic heterocycles. The molecule has 1 fully saturated rings. The van der Waals surface area contributed by atoms with Gasteiger partial charge in [-0.25, -0.2) is 0 Å². The number of hydrogen-bond acceptors (Lipinski definition) is 5. The molecule has 0 bridgehead atoms. The van der Waals surface area contributed by atoms with E-state index >= 15 is 0 Å². The average Bonchev–Trinajstić information content (AvgIpc) is 2.48. The highest BCUT2D eigenvalue weighted by Gasteiger charge is 2.25. The molecule has 0 radical (unpaired) electrons. The van der Waals surface area contributed by atoms with E-state index in [1.165, 1.54) is 11.3 Å². The molecule has 2 N–H and O–H groups in total. The molecule has 2 atom stereocenters. The van der Waals surface area contributed by atoms with E-state index in [2.05, 4.69) is 24.0 Å². The van der Waals surface area contributed by atoms with E-state index < -0.39 is 0 Å². The van der Waals surface area contributed by atoms with Gasteiger partial charge in [0.2, 0.25) is 0 Å². The summed E-state index contributed by atoms with van der Waals surface area (Å²) in [5.74, 6) is 2.88. The molecule has 2 unspecified atom stereocenters. The van der Waals surface area contributed by atoms with Crippen molar-refractivity contribution in [1.29, 1.82) is 0 Å². The van der Waals surface area contributed by atoms with Crippen LogP contribution >= 0.6 is 11.8 Å². The molecular weight excluding hydrogens is 272 g/mol. The second kappa shape index (κ2) is 6.24. The molecule has 1 saturated heterocycles. The fraction of sp³-hybridized carbons (Fsp3) is 0.600. The summed E-state index contributed by atoms with van der Waals surface area (Å²) in [6.45, 7) is 6.38. The fourth-order valence-corrected chi connectivity index (χ4v) is 3.93. The second-order valence-corrected chi connectivity index (χ2v) is 6.88. The van der Waals surface area contributed by atoms with Crippen LogP contribution in [0.5, 0.6) is 11.5 Å². The largest absolute Gasteiger partial charge is 0.486 e. The smallest absolute Gasteiger partial charge is 0.161 e. The average molecular weight is 294 g/mol. The van der Waals surface area contributed by atoms with Crippen molar-refractivity contribution in [2.75, 3.05) is 38.6 Å². The van der Waals surface area contributed by atoms with Gasteiger partial charge in [-0.2, -0.15) is 11.8 Å². The highest BCUT2D eigenvalue weighted by Crippen LogP contribution is 2.35. The molecule has 5 heteroatoms. The van der Waals surface area contributed by atoms with Gasteiger partial charge in [-0.05, 0) is 17.7 Å². The van der Waals surface area contributed by atoms with Crippen LogP contribution in [0.25, 0.3) is 0 Å². The third-order valence-corrected chi connectivity index (χ3v) is 5.02. The SMILES string of the molecule is CC1CN(C(CN)c2ccc3c(c2)OCCO3)CCS1. The maximum Gasteiger partial charge on any atom is 0.161 e. The van der Waals surface area contributed by atoms with Crippen molar-refractivity contribution in [2.24, 2.45) is 5.73 Å². The van der Waals surface area contributed by atoms with Crippen molar-refractivity contribution in [3.63, 3.8) is 0 Å². The second-order valence-electron chi connectivity index (χ2n) is 5.33. The van der Waals surface area contributed by atoms with Crippen LogP contribution in [0.1, 0.15) is 18.5 Å². The van der Waals surface area contributed by atoms with Crippen LogP contribution in [0.15, 0.2) is 18.2 Å².